The van der Waals surface area contributed by atoms with Gasteiger partial charge in [0.15, 0.2) is 0 Å². The standard InChI is InChI=1S/C32H25F10NO3/c33-29(34)32(41,42)46-27-9-2-4-20(15-27)17-43(28(18-44)22-10-12-23(13-11-22)30(35,36)37)25-7-3-8-26(16-25)45-19-21-5-1-6-24(14-21)31(38,39)40/h1-16,28-29,44H,17-19H2. The molecule has 0 saturated carbocycles. The van der Waals surface area contributed by atoms with Crippen LogP contribution >= 0.6 is 0 Å². The second-order valence-corrected chi connectivity index (χ2v) is 10.0. The monoisotopic (exact) mass is 661 g/mol. The Hall–Kier alpha value is -4.46. The van der Waals surface area contributed by atoms with Gasteiger partial charge in [-0.05, 0) is 65.2 Å². The summed E-state index contributed by atoms with van der Waals surface area (Å²) in [5, 5.41) is 10.4. The lowest BCUT2D eigenvalue weighted by atomic mass is 10.0. The van der Waals surface area contributed by atoms with Gasteiger partial charge in [-0.25, -0.2) is 0 Å². The molecule has 0 aliphatic heterocycles. The van der Waals surface area contributed by atoms with E-state index in [2.05, 4.69) is 4.74 Å². The van der Waals surface area contributed by atoms with Crippen LogP contribution in [0.25, 0.3) is 0 Å². The molecular formula is C32H25F10NO3. The number of halogens is 10. The highest BCUT2D eigenvalue weighted by atomic mass is 19.4. The smallest absolute Gasteiger partial charge is 0.461 e. The van der Waals surface area contributed by atoms with E-state index in [1.165, 1.54) is 47.4 Å². The highest BCUT2D eigenvalue weighted by Crippen LogP contribution is 2.36. The highest BCUT2D eigenvalue weighted by molar-refractivity contribution is 5.54. The summed E-state index contributed by atoms with van der Waals surface area (Å²) in [7, 11) is 0. The normalized spacial score (nSPS) is 13.0. The van der Waals surface area contributed by atoms with Crippen molar-refractivity contribution in [2.24, 2.45) is 0 Å². The fourth-order valence-electron chi connectivity index (χ4n) is 4.52. The van der Waals surface area contributed by atoms with E-state index in [1.807, 2.05) is 0 Å². The zero-order chi connectivity index (χ0) is 33.7. The Morgan fingerprint density at radius 2 is 1.26 bits per heavy atom. The number of ether oxygens (including phenoxy) is 2. The lowest BCUT2D eigenvalue weighted by Crippen LogP contribution is -2.33. The molecule has 4 aromatic rings. The number of benzene rings is 4. The molecule has 0 bridgehead atoms. The summed E-state index contributed by atoms with van der Waals surface area (Å²) in [5.74, 6) is -0.409. The molecule has 1 atom stereocenters. The van der Waals surface area contributed by atoms with Gasteiger partial charge in [-0.2, -0.15) is 43.9 Å². The maximum absolute atomic E-state index is 13.6. The molecule has 4 rings (SSSR count). The molecular weight excluding hydrogens is 636 g/mol. The van der Waals surface area contributed by atoms with Gasteiger partial charge in [0, 0.05) is 18.3 Å². The molecule has 1 N–H and O–H groups in total. The van der Waals surface area contributed by atoms with Gasteiger partial charge in [-0.15, -0.1) is 0 Å². The molecule has 4 aromatic carbocycles. The molecule has 0 aliphatic carbocycles. The molecule has 1 unspecified atom stereocenters. The van der Waals surface area contributed by atoms with Crippen LogP contribution in [-0.2, 0) is 25.5 Å². The molecule has 4 nitrogen and oxygen atoms in total. The third-order valence-corrected chi connectivity index (χ3v) is 6.74. The Bertz CT molecular complexity index is 1590. The Morgan fingerprint density at radius 3 is 1.89 bits per heavy atom. The molecule has 0 aromatic heterocycles. The lowest BCUT2D eigenvalue weighted by molar-refractivity contribution is -0.253. The minimum atomic E-state index is -4.78. The maximum Gasteiger partial charge on any atom is 0.461 e. The summed E-state index contributed by atoms with van der Waals surface area (Å²) in [6.07, 6.45) is -18.1. The molecule has 0 radical (unpaired) electrons. The number of aliphatic hydroxyl groups is 1. The van der Waals surface area contributed by atoms with Crippen LogP contribution in [0.15, 0.2) is 97.1 Å². The maximum atomic E-state index is 13.6. The first-order valence-corrected chi connectivity index (χ1v) is 13.4. The first kappa shape index (κ1) is 34.4. The van der Waals surface area contributed by atoms with Crippen molar-refractivity contribution in [3.05, 3.63) is 125 Å². The quantitative estimate of drug-likeness (QED) is 0.154. The van der Waals surface area contributed by atoms with Crippen molar-refractivity contribution >= 4 is 5.69 Å². The number of hydrogen-bond acceptors (Lipinski definition) is 4. The van der Waals surface area contributed by atoms with E-state index in [9.17, 15) is 49.0 Å². The van der Waals surface area contributed by atoms with Crippen LogP contribution in [0.4, 0.5) is 49.6 Å². The van der Waals surface area contributed by atoms with Crippen molar-refractivity contribution in [2.75, 3.05) is 11.5 Å². The zero-order valence-electron chi connectivity index (χ0n) is 23.5. The fourth-order valence-corrected chi connectivity index (χ4v) is 4.52. The highest BCUT2D eigenvalue weighted by Gasteiger charge is 2.44. The summed E-state index contributed by atoms with van der Waals surface area (Å²) >= 11 is 0. The van der Waals surface area contributed by atoms with Crippen LogP contribution in [0.5, 0.6) is 11.5 Å². The van der Waals surface area contributed by atoms with Crippen LogP contribution in [0.1, 0.15) is 33.9 Å². The van der Waals surface area contributed by atoms with Gasteiger partial charge in [0.25, 0.3) is 0 Å². The Balaban J connectivity index is 1.67. The van der Waals surface area contributed by atoms with Crippen molar-refractivity contribution < 1.29 is 58.5 Å². The van der Waals surface area contributed by atoms with Gasteiger partial charge in [-0.3, -0.25) is 0 Å². The van der Waals surface area contributed by atoms with Gasteiger partial charge in [0.05, 0.1) is 23.8 Å². The minimum absolute atomic E-state index is 0.178. The van der Waals surface area contributed by atoms with Crippen molar-refractivity contribution in [3.63, 3.8) is 0 Å². The van der Waals surface area contributed by atoms with Crippen molar-refractivity contribution in [2.45, 2.75) is 44.1 Å². The van der Waals surface area contributed by atoms with E-state index in [1.54, 1.807) is 6.07 Å². The number of alkyl halides is 10. The summed E-state index contributed by atoms with van der Waals surface area (Å²) < 4.78 is 141. The van der Waals surface area contributed by atoms with E-state index < -0.39 is 54.4 Å². The van der Waals surface area contributed by atoms with E-state index in [0.29, 0.717) is 5.69 Å². The molecule has 0 aliphatic rings. The van der Waals surface area contributed by atoms with Gasteiger partial charge >= 0.3 is 24.9 Å². The van der Waals surface area contributed by atoms with Gasteiger partial charge in [0.1, 0.15) is 18.1 Å². The van der Waals surface area contributed by atoms with E-state index in [-0.39, 0.29) is 35.6 Å². The van der Waals surface area contributed by atoms with E-state index >= 15 is 0 Å². The van der Waals surface area contributed by atoms with E-state index in [0.717, 1.165) is 48.5 Å². The largest absolute Gasteiger partial charge is 0.489 e. The molecule has 246 valence electrons. The molecule has 0 amide bonds. The zero-order valence-corrected chi connectivity index (χ0v) is 23.5. The number of hydrogen-bond donors (Lipinski definition) is 1. The van der Waals surface area contributed by atoms with Crippen LogP contribution in [0.2, 0.25) is 0 Å². The predicted octanol–water partition coefficient (Wildman–Crippen LogP) is 9.28. The summed E-state index contributed by atoms with van der Waals surface area (Å²) in [4.78, 5) is 1.50. The Morgan fingerprint density at radius 1 is 0.652 bits per heavy atom. The van der Waals surface area contributed by atoms with Gasteiger partial charge < -0.3 is 19.5 Å². The number of rotatable bonds is 12. The summed E-state index contributed by atoms with van der Waals surface area (Å²) in [6.45, 7) is -1.09. The Labute approximate surface area is 256 Å². The first-order chi connectivity index (χ1) is 21.6. The molecule has 0 fully saturated rings. The van der Waals surface area contributed by atoms with Crippen LogP contribution in [-0.4, -0.2) is 24.2 Å². The topological polar surface area (TPSA) is 41.9 Å². The second-order valence-electron chi connectivity index (χ2n) is 10.0. The number of aliphatic hydroxyl groups excluding tert-OH is 1. The van der Waals surface area contributed by atoms with Crippen molar-refractivity contribution in [1.82, 2.24) is 0 Å². The fraction of sp³-hybridized carbons (Fsp3) is 0.250. The van der Waals surface area contributed by atoms with Crippen LogP contribution in [0, 0.1) is 0 Å². The van der Waals surface area contributed by atoms with Crippen LogP contribution < -0.4 is 14.4 Å². The van der Waals surface area contributed by atoms with Gasteiger partial charge in [0.2, 0.25) is 0 Å². The molecule has 46 heavy (non-hydrogen) atoms. The molecule has 0 spiro atoms. The van der Waals surface area contributed by atoms with E-state index in [4.69, 9.17) is 4.74 Å². The van der Waals surface area contributed by atoms with Gasteiger partial charge in [-0.1, -0.05) is 42.5 Å². The lowest BCUT2D eigenvalue weighted by Gasteiger charge is -2.34. The average molecular weight is 662 g/mol. The van der Waals surface area contributed by atoms with Crippen molar-refractivity contribution in [3.8, 4) is 11.5 Å². The first-order valence-electron chi connectivity index (χ1n) is 13.4. The predicted molar refractivity (Wildman–Crippen MR) is 148 cm³/mol. The van der Waals surface area contributed by atoms with Crippen LogP contribution in [0.3, 0.4) is 0 Å². The minimum Gasteiger partial charge on any atom is -0.489 e. The summed E-state index contributed by atoms with van der Waals surface area (Å²) in [5.41, 5.74) is -0.800. The third kappa shape index (κ3) is 8.83. The molecule has 0 heterocycles. The van der Waals surface area contributed by atoms with Crippen molar-refractivity contribution in [1.29, 1.82) is 0 Å². The average Bonchev–Trinajstić information content (AvgIpc) is 2.99. The molecule has 14 heteroatoms. The SMILES string of the molecule is OCC(c1ccc(C(F)(F)F)cc1)N(Cc1cccc(OC(F)(F)C(F)F)c1)c1cccc(OCc2cccc(C(F)(F)F)c2)c1. The number of nitrogens with zero attached hydrogens (tertiary/aromatic N) is 1. The third-order valence-electron chi connectivity index (χ3n) is 6.74. The second kappa shape index (κ2) is 13.9. The molecule has 0 saturated heterocycles. The summed E-state index contributed by atoms with van der Waals surface area (Å²) in [6, 6.07) is 18.3. The Kier molecular flexibility index (Phi) is 10.4. The number of anilines is 1.